The highest BCUT2D eigenvalue weighted by atomic mass is 79.9. The van der Waals surface area contributed by atoms with Crippen LogP contribution in [0, 0.1) is 0 Å². The second kappa shape index (κ2) is 5.82. The number of piperazine rings is 1. The fourth-order valence-electron chi connectivity index (χ4n) is 3.46. The van der Waals surface area contributed by atoms with E-state index >= 15 is 0 Å². The second-order valence-electron chi connectivity index (χ2n) is 5.78. The third-order valence-electron chi connectivity index (χ3n) is 4.51. The van der Waals surface area contributed by atoms with Gasteiger partial charge in [0.1, 0.15) is 5.69 Å². The standard InChI is InChI=1S/C15H20BrN3O/c16-12-4-5-13(18-10-12)14(20)19-9-8-17-11-15(19)6-2-1-3-7-15/h4-5,10,17H,1-3,6-9,11H2. The molecule has 1 saturated heterocycles. The first-order chi connectivity index (χ1) is 9.71. The molecule has 1 aromatic rings. The van der Waals surface area contributed by atoms with Crippen molar-refractivity contribution in [2.24, 2.45) is 0 Å². The van der Waals surface area contributed by atoms with Gasteiger partial charge in [0.2, 0.25) is 0 Å². The molecule has 0 aromatic carbocycles. The molecule has 2 heterocycles. The molecule has 1 aliphatic heterocycles. The molecule has 20 heavy (non-hydrogen) atoms. The minimum absolute atomic E-state index is 0.0162. The predicted molar refractivity (Wildman–Crippen MR) is 81.7 cm³/mol. The number of amides is 1. The minimum atomic E-state index is 0.0162. The first kappa shape index (κ1) is 14.0. The Morgan fingerprint density at radius 2 is 2.10 bits per heavy atom. The van der Waals surface area contributed by atoms with E-state index in [9.17, 15) is 4.79 Å². The molecule has 0 radical (unpaired) electrons. The van der Waals surface area contributed by atoms with Crippen LogP contribution in [0.5, 0.6) is 0 Å². The van der Waals surface area contributed by atoms with Gasteiger partial charge in [-0.1, -0.05) is 19.3 Å². The highest BCUT2D eigenvalue weighted by Gasteiger charge is 2.42. The van der Waals surface area contributed by atoms with Gasteiger partial charge in [0.05, 0.1) is 5.54 Å². The third kappa shape index (κ3) is 2.61. The van der Waals surface area contributed by atoms with Gasteiger partial charge in [-0.05, 0) is 40.9 Å². The quantitative estimate of drug-likeness (QED) is 0.856. The van der Waals surface area contributed by atoms with Gasteiger partial charge >= 0.3 is 0 Å². The lowest BCUT2D eigenvalue weighted by atomic mass is 9.79. The number of carbonyl (C=O) groups is 1. The van der Waals surface area contributed by atoms with Crippen molar-refractivity contribution < 1.29 is 4.79 Å². The second-order valence-corrected chi connectivity index (χ2v) is 6.70. The summed E-state index contributed by atoms with van der Waals surface area (Å²) in [7, 11) is 0. The van der Waals surface area contributed by atoms with Crippen molar-refractivity contribution in [3.05, 3.63) is 28.5 Å². The molecule has 1 aliphatic carbocycles. The van der Waals surface area contributed by atoms with Crippen LogP contribution in [-0.2, 0) is 0 Å². The normalized spacial score (nSPS) is 21.9. The predicted octanol–water partition coefficient (Wildman–Crippen LogP) is 2.59. The van der Waals surface area contributed by atoms with E-state index in [2.05, 4.69) is 31.1 Å². The summed E-state index contributed by atoms with van der Waals surface area (Å²) in [5.41, 5.74) is 0.572. The Labute approximate surface area is 128 Å². The molecule has 0 unspecified atom stereocenters. The number of aromatic nitrogens is 1. The molecule has 1 amide bonds. The smallest absolute Gasteiger partial charge is 0.272 e. The lowest BCUT2D eigenvalue weighted by molar-refractivity contribution is 0.0217. The van der Waals surface area contributed by atoms with Crippen molar-refractivity contribution in [3.8, 4) is 0 Å². The Kier molecular flexibility index (Phi) is 4.08. The minimum Gasteiger partial charge on any atom is -0.329 e. The van der Waals surface area contributed by atoms with Crippen LogP contribution < -0.4 is 5.32 Å². The maximum absolute atomic E-state index is 12.8. The Morgan fingerprint density at radius 1 is 1.30 bits per heavy atom. The van der Waals surface area contributed by atoms with Gasteiger partial charge in [0.15, 0.2) is 0 Å². The van der Waals surface area contributed by atoms with E-state index in [1.165, 1.54) is 19.3 Å². The summed E-state index contributed by atoms with van der Waals surface area (Å²) < 4.78 is 0.904. The topological polar surface area (TPSA) is 45.2 Å². The number of nitrogens with one attached hydrogen (secondary N) is 1. The molecule has 5 heteroatoms. The van der Waals surface area contributed by atoms with Gasteiger partial charge in [-0.2, -0.15) is 0 Å². The summed E-state index contributed by atoms with van der Waals surface area (Å²) in [6.07, 6.45) is 7.66. The van der Waals surface area contributed by atoms with E-state index in [0.29, 0.717) is 5.69 Å². The molecule has 2 fully saturated rings. The molecule has 1 N–H and O–H groups in total. The molecular formula is C15H20BrN3O. The van der Waals surface area contributed by atoms with Crippen molar-refractivity contribution in [1.82, 2.24) is 15.2 Å². The lowest BCUT2D eigenvalue weighted by Crippen LogP contribution is -2.63. The van der Waals surface area contributed by atoms with Gasteiger partial charge < -0.3 is 10.2 Å². The number of rotatable bonds is 1. The molecule has 108 valence electrons. The van der Waals surface area contributed by atoms with Crippen molar-refractivity contribution in [2.45, 2.75) is 37.6 Å². The number of hydrogen-bond acceptors (Lipinski definition) is 3. The third-order valence-corrected chi connectivity index (χ3v) is 4.98. The average molecular weight is 338 g/mol. The Hall–Kier alpha value is -0.940. The molecule has 4 nitrogen and oxygen atoms in total. The highest BCUT2D eigenvalue weighted by molar-refractivity contribution is 9.10. The monoisotopic (exact) mass is 337 g/mol. The van der Waals surface area contributed by atoms with Crippen LogP contribution in [0.15, 0.2) is 22.8 Å². The molecular weight excluding hydrogens is 318 g/mol. The van der Waals surface area contributed by atoms with Crippen molar-refractivity contribution in [1.29, 1.82) is 0 Å². The Balaban J connectivity index is 1.85. The zero-order valence-corrected chi connectivity index (χ0v) is 13.2. The summed E-state index contributed by atoms with van der Waals surface area (Å²) in [5, 5.41) is 3.47. The summed E-state index contributed by atoms with van der Waals surface area (Å²) in [6, 6.07) is 3.70. The number of carbonyl (C=O) groups excluding carboxylic acids is 1. The first-order valence-corrected chi connectivity index (χ1v) is 8.15. The maximum atomic E-state index is 12.8. The van der Waals surface area contributed by atoms with Crippen LogP contribution in [0.25, 0.3) is 0 Å². The molecule has 3 rings (SSSR count). The van der Waals surface area contributed by atoms with Gasteiger partial charge in [0, 0.05) is 30.3 Å². The average Bonchev–Trinajstić information content (AvgIpc) is 2.49. The van der Waals surface area contributed by atoms with Crippen LogP contribution in [0.1, 0.15) is 42.6 Å². The van der Waals surface area contributed by atoms with Gasteiger partial charge in [-0.3, -0.25) is 4.79 Å². The number of halogens is 1. The van der Waals surface area contributed by atoms with Gasteiger partial charge in [-0.25, -0.2) is 4.98 Å². The van der Waals surface area contributed by atoms with Crippen LogP contribution in [0.2, 0.25) is 0 Å². The van der Waals surface area contributed by atoms with Crippen molar-refractivity contribution >= 4 is 21.8 Å². The summed E-state index contributed by atoms with van der Waals surface area (Å²) in [6.45, 7) is 2.59. The first-order valence-electron chi connectivity index (χ1n) is 7.36. The highest BCUT2D eigenvalue weighted by Crippen LogP contribution is 2.35. The van der Waals surface area contributed by atoms with Crippen LogP contribution in [0.3, 0.4) is 0 Å². The van der Waals surface area contributed by atoms with Crippen molar-refractivity contribution in [3.63, 3.8) is 0 Å². The fraction of sp³-hybridized carbons (Fsp3) is 0.600. The zero-order chi connectivity index (χ0) is 14.0. The van der Waals surface area contributed by atoms with E-state index in [-0.39, 0.29) is 11.4 Å². The molecule has 0 atom stereocenters. The van der Waals surface area contributed by atoms with E-state index in [4.69, 9.17) is 0 Å². The largest absolute Gasteiger partial charge is 0.329 e. The number of hydrogen-bond donors (Lipinski definition) is 1. The lowest BCUT2D eigenvalue weighted by Gasteiger charge is -2.49. The van der Waals surface area contributed by atoms with E-state index in [0.717, 1.165) is 36.9 Å². The SMILES string of the molecule is O=C(c1ccc(Br)cn1)N1CCNCC12CCCCC2. The molecule has 1 saturated carbocycles. The molecule has 0 bridgehead atoms. The Morgan fingerprint density at radius 3 is 2.80 bits per heavy atom. The number of pyridine rings is 1. The Bertz CT molecular complexity index is 474. The molecule has 1 aromatic heterocycles. The van der Waals surface area contributed by atoms with Crippen LogP contribution in [0.4, 0.5) is 0 Å². The molecule has 1 spiro atoms. The van der Waals surface area contributed by atoms with Gasteiger partial charge in [-0.15, -0.1) is 0 Å². The van der Waals surface area contributed by atoms with Crippen LogP contribution in [-0.4, -0.2) is 41.0 Å². The maximum Gasteiger partial charge on any atom is 0.272 e. The fourth-order valence-corrected chi connectivity index (χ4v) is 3.69. The van der Waals surface area contributed by atoms with Gasteiger partial charge in [0.25, 0.3) is 5.91 Å². The van der Waals surface area contributed by atoms with E-state index in [1.807, 2.05) is 12.1 Å². The van der Waals surface area contributed by atoms with Crippen LogP contribution >= 0.6 is 15.9 Å². The van der Waals surface area contributed by atoms with E-state index in [1.54, 1.807) is 6.20 Å². The summed E-state index contributed by atoms with van der Waals surface area (Å²) >= 11 is 3.36. The van der Waals surface area contributed by atoms with E-state index < -0.39 is 0 Å². The number of nitrogens with zero attached hydrogens (tertiary/aromatic N) is 2. The zero-order valence-electron chi connectivity index (χ0n) is 11.6. The van der Waals surface area contributed by atoms with Crippen molar-refractivity contribution in [2.75, 3.05) is 19.6 Å². The summed E-state index contributed by atoms with van der Waals surface area (Å²) in [5.74, 6) is 0.0842. The summed E-state index contributed by atoms with van der Waals surface area (Å²) in [4.78, 5) is 19.2. The molecule has 2 aliphatic rings.